The Morgan fingerprint density at radius 2 is 0.850 bits per heavy atom. The lowest BCUT2D eigenvalue weighted by atomic mass is 10.1. The fourth-order valence-corrected chi connectivity index (χ4v) is 4.00. The lowest BCUT2D eigenvalue weighted by molar-refractivity contribution is -0.0504. The molecular formula is C26H18F6O6S2. The average Bonchev–Trinajstić information content (AvgIpc) is 2.89. The Labute approximate surface area is 225 Å². The van der Waals surface area contributed by atoms with Gasteiger partial charge in [-0.25, -0.2) is 0 Å². The third-order valence-corrected chi connectivity index (χ3v) is 6.85. The first-order valence-corrected chi connectivity index (χ1v) is 13.7. The van der Waals surface area contributed by atoms with Crippen LogP contribution in [-0.2, 0) is 20.2 Å². The Hall–Kier alpha value is -4.04. The molecule has 0 spiro atoms. The summed E-state index contributed by atoms with van der Waals surface area (Å²) >= 11 is 0. The van der Waals surface area contributed by atoms with Gasteiger partial charge in [-0.1, -0.05) is 91.0 Å². The zero-order chi connectivity index (χ0) is 29.6. The number of halogens is 6. The summed E-state index contributed by atoms with van der Waals surface area (Å²) < 4.78 is 125. The van der Waals surface area contributed by atoms with Crippen LogP contribution in [0.1, 0.15) is 0 Å². The highest BCUT2D eigenvalue weighted by molar-refractivity contribution is 7.88. The summed E-state index contributed by atoms with van der Waals surface area (Å²) in [4.78, 5) is 0. The molecule has 0 aliphatic heterocycles. The molecule has 0 saturated carbocycles. The lowest BCUT2D eigenvalue weighted by Crippen LogP contribution is -2.28. The Morgan fingerprint density at radius 1 is 0.450 bits per heavy atom. The number of rotatable bonds is 6. The number of hydrogen-bond acceptors (Lipinski definition) is 6. The van der Waals surface area contributed by atoms with Crippen molar-refractivity contribution in [2.75, 3.05) is 0 Å². The van der Waals surface area contributed by atoms with Crippen LogP contribution in [0.15, 0.2) is 109 Å². The predicted molar refractivity (Wildman–Crippen MR) is 135 cm³/mol. The van der Waals surface area contributed by atoms with Gasteiger partial charge in [-0.3, -0.25) is 0 Å². The van der Waals surface area contributed by atoms with Crippen molar-refractivity contribution in [2.45, 2.75) is 11.0 Å². The smallest absolute Gasteiger partial charge is 0.376 e. The largest absolute Gasteiger partial charge is 0.534 e. The molecule has 14 heteroatoms. The van der Waals surface area contributed by atoms with E-state index >= 15 is 0 Å². The first-order valence-electron chi connectivity index (χ1n) is 10.9. The SMILES string of the molecule is O=S(=O)(Oc1ccc(-c2ccccc2)cc1)C(F)(F)F.O=S(=O)(Oc1ccccc1-c1ccccc1)C(F)(F)F. The van der Waals surface area contributed by atoms with E-state index in [0.717, 1.165) is 11.1 Å². The zero-order valence-electron chi connectivity index (χ0n) is 19.9. The fourth-order valence-electron chi connectivity index (χ4n) is 3.07. The highest BCUT2D eigenvalue weighted by Gasteiger charge is 2.49. The van der Waals surface area contributed by atoms with Crippen LogP contribution in [0.4, 0.5) is 26.3 Å². The van der Waals surface area contributed by atoms with Crippen molar-refractivity contribution in [2.24, 2.45) is 0 Å². The molecule has 0 amide bonds. The highest BCUT2D eigenvalue weighted by atomic mass is 32.2. The van der Waals surface area contributed by atoms with Gasteiger partial charge in [0.1, 0.15) is 5.75 Å². The second-order valence-electron chi connectivity index (χ2n) is 7.72. The molecule has 0 bridgehead atoms. The van der Waals surface area contributed by atoms with Crippen LogP contribution in [0, 0.1) is 0 Å². The molecule has 0 N–H and O–H groups in total. The topological polar surface area (TPSA) is 86.7 Å². The van der Waals surface area contributed by atoms with E-state index in [0.29, 0.717) is 5.56 Å². The van der Waals surface area contributed by atoms with Crippen LogP contribution in [0.3, 0.4) is 0 Å². The molecule has 0 unspecified atom stereocenters. The van der Waals surface area contributed by atoms with Gasteiger partial charge in [-0.15, -0.1) is 0 Å². The van der Waals surface area contributed by atoms with Gasteiger partial charge < -0.3 is 8.37 Å². The van der Waals surface area contributed by atoms with E-state index in [1.54, 1.807) is 36.4 Å². The van der Waals surface area contributed by atoms with Gasteiger partial charge in [0.05, 0.1) is 0 Å². The molecule has 0 radical (unpaired) electrons. The van der Waals surface area contributed by atoms with E-state index in [4.69, 9.17) is 0 Å². The van der Waals surface area contributed by atoms with E-state index in [1.165, 1.54) is 42.5 Å². The Kier molecular flexibility index (Phi) is 9.15. The second-order valence-corrected chi connectivity index (χ2v) is 10.8. The van der Waals surface area contributed by atoms with Crippen molar-refractivity contribution in [1.29, 1.82) is 0 Å². The minimum Gasteiger partial charge on any atom is -0.376 e. The van der Waals surface area contributed by atoms with Crippen LogP contribution in [0.2, 0.25) is 0 Å². The van der Waals surface area contributed by atoms with E-state index in [9.17, 15) is 43.2 Å². The van der Waals surface area contributed by atoms with Crippen LogP contribution in [0.5, 0.6) is 11.5 Å². The van der Waals surface area contributed by atoms with E-state index in [-0.39, 0.29) is 17.1 Å². The van der Waals surface area contributed by atoms with Gasteiger partial charge in [-0.05, 0) is 34.9 Å². The van der Waals surface area contributed by atoms with Crippen molar-refractivity contribution in [3.63, 3.8) is 0 Å². The van der Waals surface area contributed by atoms with Gasteiger partial charge >= 0.3 is 31.3 Å². The molecule has 0 aliphatic carbocycles. The summed E-state index contributed by atoms with van der Waals surface area (Å²) in [6.07, 6.45) is 0. The molecule has 0 saturated heterocycles. The normalized spacial score (nSPS) is 12.2. The summed E-state index contributed by atoms with van der Waals surface area (Å²) in [5.74, 6) is -0.752. The number of alkyl halides is 6. The van der Waals surface area contributed by atoms with Gasteiger partial charge in [0.2, 0.25) is 0 Å². The van der Waals surface area contributed by atoms with Crippen molar-refractivity contribution in [1.82, 2.24) is 0 Å². The molecule has 4 rings (SSSR count). The minimum absolute atomic E-state index is 0.265. The van der Waals surface area contributed by atoms with Gasteiger partial charge in [0, 0.05) is 5.56 Å². The fraction of sp³-hybridized carbons (Fsp3) is 0.0769. The number of para-hydroxylation sites is 1. The monoisotopic (exact) mass is 604 g/mol. The van der Waals surface area contributed by atoms with Crippen LogP contribution in [0.25, 0.3) is 22.3 Å². The lowest BCUT2D eigenvalue weighted by Gasteiger charge is -2.12. The molecule has 0 atom stereocenters. The maximum atomic E-state index is 12.3. The number of hydrogen-bond donors (Lipinski definition) is 0. The van der Waals surface area contributed by atoms with E-state index in [2.05, 4.69) is 8.37 Å². The third-order valence-electron chi connectivity index (χ3n) is 4.91. The molecule has 212 valence electrons. The summed E-state index contributed by atoms with van der Waals surface area (Å²) in [5, 5.41) is 0. The molecular weight excluding hydrogens is 586 g/mol. The van der Waals surface area contributed by atoms with Crippen LogP contribution in [-0.4, -0.2) is 27.9 Å². The van der Waals surface area contributed by atoms with E-state index in [1.807, 2.05) is 30.3 Å². The average molecular weight is 605 g/mol. The minimum atomic E-state index is -5.68. The zero-order valence-corrected chi connectivity index (χ0v) is 21.6. The number of benzene rings is 4. The first kappa shape index (κ1) is 30.5. The second kappa shape index (κ2) is 12.0. The Morgan fingerprint density at radius 3 is 1.35 bits per heavy atom. The van der Waals surface area contributed by atoms with Crippen LogP contribution >= 0.6 is 0 Å². The Bertz CT molecular complexity index is 1620. The maximum Gasteiger partial charge on any atom is 0.534 e. The molecule has 6 nitrogen and oxygen atoms in total. The molecule has 0 fully saturated rings. The standard InChI is InChI=1S/2C13H9F3O3S/c14-13(15,16)20(17,18)19-12-9-5-4-8-11(12)10-6-2-1-3-7-10;14-13(15,16)20(17,18)19-12-8-6-11(7-9-12)10-4-2-1-3-5-10/h2*1-9H. The summed E-state index contributed by atoms with van der Waals surface area (Å²) in [6.45, 7) is 0. The molecule has 4 aromatic carbocycles. The van der Waals surface area contributed by atoms with Crippen LogP contribution < -0.4 is 8.37 Å². The van der Waals surface area contributed by atoms with E-state index < -0.39 is 31.3 Å². The highest BCUT2D eigenvalue weighted by Crippen LogP contribution is 2.34. The molecule has 0 heterocycles. The summed E-state index contributed by atoms with van der Waals surface area (Å²) in [7, 11) is -11.3. The van der Waals surface area contributed by atoms with Gasteiger partial charge in [0.15, 0.2) is 5.75 Å². The van der Waals surface area contributed by atoms with Crippen molar-refractivity contribution in [3.8, 4) is 33.8 Å². The van der Waals surface area contributed by atoms with Crippen molar-refractivity contribution < 1.29 is 51.5 Å². The molecule has 0 aromatic heterocycles. The molecule has 40 heavy (non-hydrogen) atoms. The Balaban J connectivity index is 0.000000220. The quantitative estimate of drug-likeness (QED) is 0.132. The molecule has 0 aliphatic rings. The summed E-state index contributed by atoms with van der Waals surface area (Å²) in [6, 6.07) is 28.4. The van der Waals surface area contributed by atoms with Crippen molar-refractivity contribution in [3.05, 3.63) is 109 Å². The van der Waals surface area contributed by atoms with Gasteiger partial charge in [-0.2, -0.15) is 43.2 Å². The maximum absolute atomic E-state index is 12.3. The van der Waals surface area contributed by atoms with Crippen molar-refractivity contribution >= 4 is 20.2 Å². The summed E-state index contributed by atoms with van der Waals surface area (Å²) in [5.41, 5.74) is -8.48. The first-order chi connectivity index (χ1) is 18.6. The third kappa shape index (κ3) is 7.76. The van der Waals surface area contributed by atoms with Gasteiger partial charge in [0.25, 0.3) is 0 Å². The molecule has 4 aromatic rings. The predicted octanol–water partition coefficient (Wildman–Crippen LogP) is 7.16.